The van der Waals surface area contributed by atoms with Crippen LogP contribution in [-0.2, 0) is 0 Å². The number of nitrogen functional groups attached to an aromatic ring is 1. The monoisotopic (exact) mass is 329 g/mol. The molecule has 2 aromatic heterocycles. The van der Waals surface area contributed by atoms with Gasteiger partial charge in [-0.2, -0.15) is 0 Å². The van der Waals surface area contributed by atoms with Gasteiger partial charge in [0, 0.05) is 21.6 Å². The van der Waals surface area contributed by atoms with Gasteiger partial charge in [0.15, 0.2) is 0 Å². The number of benzene rings is 1. The van der Waals surface area contributed by atoms with Crippen LogP contribution in [0.2, 0.25) is 0 Å². The second kappa shape index (κ2) is 5.05. The Bertz CT molecular complexity index is 788. The van der Waals surface area contributed by atoms with Gasteiger partial charge in [-0.15, -0.1) is 0 Å². The number of anilines is 3. The molecule has 0 saturated carbocycles. The van der Waals surface area contributed by atoms with E-state index < -0.39 is 0 Å². The van der Waals surface area contributed by atoms with Crippen molar-refractivity contribution in [2.24, 2.45) is 0 Å². The van der Waals surface area contributed by atoms with Crippen LogP contribution < -0.4 is 11.1 Å². The van der Waals surface area contributed by atoms with Gasteiger partial charge in [-0.3, -0.25) is 4.98 Å². The molecule has 1 aromatic carbocycles. The molecule has 0 fully saturated rings. The lowest BCUT2D eigenvalue weighted by molar-refractivity contribution is 1.14. The summed E-state index contributed by atoms with van der Waals surface area (Å²) < 4.78 is 0.949. The van der Waals surface area contributed by atoms with Gasteiger partial charge in [0.05, 0.1) is 11.2 Å². The zero-order valence-corrected chi connectivity index (χ0v) is 12.3. The van der Waals surface area contributed by atoms with E-state index in [1.165, 1.54) is 6.33 Å². The predicted molar refractivity (Wildman–Crippen MR) is 83.9 cm³/mol. The number of fused-ring (bicyclic) bond motifs is 1. The van der Waals surface area contributed by atoms with E-state index in [1.807, 2.05) is 31.2 Å². The number of hydrogen-bond donors (Lipinski definition) is 2. The molecule has 0 spiro atoms. The Morgan fingerprint density at radius 3 is 2.90 bits per heavy atom. The van der Waals surface area contributed by atoms with Crippen LogP contribution in [-0.4, -0.2) is 15.0 Å². The van der Waals surface area contributed by atoms with Crippen molar-refractivity contribution in [2.45, 2.75) is 6.92 Å². The van der Waals surface area contributed by atoms with Crippen LogP contribution in [0.25, 0.3) is 10.9 Å². The Kier molecular flexibility index (Phi) is 3.23. The Balaban J connectivity index is 2.09. The van der Waals surface area contributed by atoms with E-state index in [2.05, 4.69) is 36.2 Å². The normalized spacial score (nSPS) is 10.7. The molecule has 3 rings (SSSR count). The molecule has 0 amide bonds. The van der Waals surface area contributed by atoms with E-state index in [0.717, 1.165) is 26.6 Å². The molecule has 20 heavy (non-hydrogen) atoms. The number of para-hydroxylation sites is 1. The Labute approximate surface area is 124 Å². The minimum absolute atomic E-state index is 0.471. The number of nitrogens with two attached hydrogens (primary N) is 1. The van der Waals surface area contributed by atoms with Gasteiger partial charge in [0.2, 0.25) is 0 Å². The van der Waals surface area contributed by atoms with E-state index in [1.54, 1.807) is 6.20 Å². The fourth-order valence-corrected chi connectivity index (χ4v) is 2.30. The van der Waals surface area contributed by atoms with Gasteiger partial charge in [0.1, 0.15) is 18.0 Å². The number of pyridine rings is 1. The molecule has 2 heterocycles. The third-order valence-electron chi connectivity index (χ3n) is 3.05. The molecule has 6 heteroatoms. The van der Waals surface area contributed by atoms with Crippen LogP contribution in [0.3, 0.4) is 0 Å². The molecule has 0 unspecified atom stereocenters. The third-order valence-corrected chi connectivity index (χ3v) is 3.49. The minimum atomic E-state index is 0.471. The fraction of sp³-hybridized carbons (Fsp3) is 0.0714. The smallest absolute Gasteiger partial charge is 0.138 e. The molecule has 0 bridgehead atoms. The molecule has 100 valence electrons. The van der Waals surface area contributed by atoms with Gasteiger partial charge >= 0.3 is 0 Å². The van der Waals surface area contributed by atoms with Crippen molar-refractivity contribution in [1.82, 2.24) is 15.0 Å². The van der Waals surface area contributed by atoms with Crippen LogP contribution in [0.15, 0.2) is 41.3 Å². The highest BCUT2D eigenvalue weighted by Gasteiger charge is 2.07. The highest BCUT2D eigenvalue weighted by molar-refractivity contribution is 9.10. The lowest BCUT2D eigenvalue weighted by atomic mass is 10.2. The van der Waals surface area contributed by atoms with Crippen molar-refractivity contribution < 1.29 is 0 Å². The maximum absolute atomic E-state index is 5.79. The number of hydrogen-bond acceptors (Lipinski definition) is 5. The van der Waals surface area contributed by atoms with Crippen molar-refractivity contribution in [3.05, 3.63) is 46.8 Å². The number of aromatic nitrogens is 3. The number of halogens is 1. The summed E-state index contributed by atoms with van der Waals surface area (Å²) >= 11 is 3.42. The Hall–Kier alpha value is -2.21. The molecule has 0 saturated heterocycles. The number of rotatable bonds is 2. The average molecular weight is 330 g/mol. The summed E-state index contributed by atoms with van der Waals surface area (Å²) in [5, 5.41) is 4.31. The summed E-state index contributed by atoms with van der Waals surface area (Å²) in [6.07, 6.45) is 3.22. The van der Waals surface area contributed by atoms with E-state index >= 15 is 0 Å². The van der Waals surface area contributed by atoms with Crippen molar-refractivity contribution in [3.8, 4) is 0 Å². The molecule has 0 atom stereocenters. The van der Waals surface area contributed by atoms with Crippen molar-refractivity contribution in [2.75, 3.05) is 11.1 Å². The minimum Gasteiger partial charge on any atom is -0.383 e. The fourth-order valence-electron chi connectivity index (χ4n) is 1.95. The first-order valence-electron chi connectivity index (χ1n) is 6.03. The first kappa shape index (κ1) is 12.8. The third kappa shape index (κ3) is 2.30. The second-order valence-electron chi connectivity index (χ2n) is 4.39. The topological polar surface area (TPSA) is 76.7 Å². The first-order chi connectivity index (χ1) is 9.65. The van der Waals surface area contributed by atoms with Gasteiger partial charge in [-0.05, 0) is 35.0 Å². The molecule has 0 radical (unpaired) electrons. The van der Waals surface area contributed by atoms with E-state index in [4.69, 9.17) is 5.73 Å². The van der Waals surface area contributed by atoms with Crippen LogP contribution in [0.4, 0.5) is 17.3 Å². The molecule has 0 aliphatic carbocycles. The number of nitrogens with zero attached hydrogens (tertiary/aromatic N) is 3. The van der Waals surface area contributed by atoms with Gasteiger partial charge < -0.3 is 11.1 Å². The molecule has 5 nitrogen and oxygen atoms in total. The maximum Gasteiger partial charge on any atom is 0.138 e. The van der Waals surface area contributed by atoms with Crippen molar-refractivity contribution in [1.29, 1.82) is 0 Å². The summed E-state index contributed by atoms with van der Waals surface area (Å²) in [6.45, 7) is 1.88. The molecular weight excluding hydrogens is 318 g/mol. The van der Waals surface area contributed by atoms with E-state index in [0.29, 0.717) is 11.6 Å². The lowest BCUT2D eigenvalue weighted by Crippen LogP contribution is -2.02. The van der Waals surface area contributed by atoms with Crippen LogP contribution in [0, 0.1) is 6.92 Å². The predicted octanol–water partition coefficient (Wildman–Crippen LogP) is 3.42. The first-order valence-corrected chi connectivity index (χ1v) is 6.83. The summed E-state index contributed by atoms with van der Waals surface area (Å²) in [4.78, 5) is 12.6. The highest BCUT2D eigenvalue weighted by atomic mass is 79.9. The quantitative estimate of drug-likeness (QED) is 0.753. The number of nitrogens with one attached hydrogen (secondary N) is 1. The Morgan fingerprint density at radius 1 is 1.20 bits per heavy atom. The van der Waals surface area contributed by atoms with Gasteiger partial charge in [0.25, 0.3) is 0 Å². The summed E-state index contributed by atoms with van der Waals surface area (Å²) in [5.41, 5.74) is 8.38. The molecule has 0 aliphatic heterocycles. The average Bonchev–Trinajstić information content (AvgIpc) is 2.44. The highest BCUT2D eigenvalue weighted by Crippen LogP contribution is 2.27. The second-order valence-corrected chi connectivity index (χ2v) is 5.30. The lowest BCUT2D eigenvalue weighted by Gasteiger charge is -2.11. The zero-order chi connectivity index (χ0) is 14.1. The van der Waals surface area contributed by atoms with E-state index in [9.17, 15) is 0 Å². The Morgan fingerprint density at radius 2 is 2.05 bits per heavy atom. The van der Waals surface area contributed by atoms with Crippen LogP contribution in [0.5, 0.6) is 0 Å². The van der Waals surface area contributed by atoms with Crippen LogP contribution >= 0.6 is 15.9 Å². The molecule has 0 aliphatic rings. The van der Waals surface area contributed by atoms with E-state index in [-0.39, 0.29) is 0 Å². The SMILES string of the molecule is Cc1c(N)ncnc1Nc1cccc2cc(Br)cnc12. The molecule has 3 N–H and O–H groups in total. The van der Waals surface area contributed by atoms with Gasteiger partial charge in [-0.1, -0.05) is 12.1 Å². The van der Waals surface area contributed by atoms with Crippen LogP contribution in [0.1, 0.15) is 5.56 Å². The van der Waals surface area contributed by atoms with Crippen molar-refractivity contribution in [3.63, 3.8) is 0 Å². The largest absolute Gasteiger partial charge is 0.383 e. The zero-order valence-electron chi connectivity index (χ0n) is 10.8. The maximum atomic E-state index is 5.79. The molecular formula is C14H12BrN5. The molecule has 3 aromatic rings. The van der Waals surface area contributed by atoms with Crippen molar-refractivity contribution >= 4 is 44.2 Å². The van der Waals surface area contributed by atoms with Gasteiger partial charge in [-0.25, -0.2) is 9.97 Å². The summed E-state index contributed by atoms with van der Waals surface area (Å²) in [5.74, 6) is 1.16. The standard InChI is InChI=1S/C14H12BrN5/c1-8-13(16)18-7-19-14(8)20-11-4-2-3-9-5-10(15)6-17-12(9)11/h2-7H,1H3,(H3,16,18,19,20). The summed E-state index contributed by atoms with van der Waals surface area (Å²) in [7, 11) is 0. The summed E-state index contributed by atoms with van der Waals surface area (Å²) in [6, 6.07) is 7.97.